The van der Waals surface area contributed by atoms with Crippen molar-refractivity contribution in [2.45, 2.75) is 6.54 Å². The van der Waals surface area contributed by atoms with Crippen LogP contribution in [-0.4, -0.2) is 34.9 Å². The van der Waals surface area contributed by atoms with Crippen molar-refractivity contribution in [1.82, 2.24) is 10.3 Å². The van der Waals surface area contributed by atoms with Crippen molar-refractivity contribution < 1.29 is 33.1 Å². The Bertz CT molecular complexity index is 950. The predicted molar refractivity (Wildman–Crippen MR) is 86.1 cm³/mol. The Balaban J connectivity index is 1.82. The molecule has 1 unspecified atom stereocenters. The number of ketones is 1. The number of nitrogens with one attached hydrogen (secondary N) is 1. The maximum atomic E-state index is 13.6. The molecule has 1 aromatic carbocycles. The number of nitrogens with zero attached hydrogens (tertiary/aromatic N) is 2. The SMILES string of the molecule is COc1ccc2c(n1)N(O)C(=O)C(C(=O)NCc1ccc(F)cc1F)C2=O. The minimum atomic E-state index is -1.86. The van der Waals surface area contributed by atoms with E-state index in [1.165, 1.54) is 19.2 Å². The number of ether oxygens (including phenoxy) is 1. The quantitative estimate of drug-likeness (QED) is 0.613. The molecular weight excluding hydrogens is 364 g/mol. The molecule has 140 valence electrons. The Morgan fingerprint density at radius 2 is 2.04 bits per heavy atom. The van der Waals surface area contributed by atoms with E-state index in [0.29, 0.717) is 6.07 Å². The van der Waals surface area contributed by atoms with E-state index in [1.807, 2.05) is 0 Å². The first-order valence-corrected chi connectivity index (χ1v) is 7.67. The number of amides is 2. The number of aromatic nitrogens is 1. The van der Waals surface area contributed by atoms with E-state index in [9.17, 15) is 28.4 Å². The smallest absolute Gasteiger partial charge is 0.272 e. The number of fused-ring (bicyclic) bond motifs is 1. The van der Waals surface area contributed by atoms with E-state index in [4.69, 9.17) is 4.74 Å². The number of halogens is 2. The minimum absolute atomic E-state index is 0.0342. The molecule has 0 aliphatic carbocycles. The average molecular weight is 377 g/mol. The summed E-state index contributed by atoms with van der Waals surface area (Å²) < 4.78 is 31.4. The molecule has 1 atom stereocenters. The van der Waals surface area contributed by atoms with E-state index in [0.717, 1.165) is 12.1 Å². The number of benzene rings is 1. The van der Waals surface area contributed by atoms with Gasteiger partial charge in [0.25, 0.3) is 5.91 Å². The van der Waals surface area contributed by atoms with E-state index in [1.54, 1.807) is 0 Å². The predicted octanol–water partition coefficient (Wildman–Crippen LogP) is 1.22. The number of carbonyl (C=O) groups is 3. The van der Waals surface area contributed by atoms with Crippen LogP contribution >= 0.6 is 0 Å². The number of hydroxylamine groups is 1. The highest BCUT2D eigenvalue weighted by Gasteiger charge is 2.44. The number of carbonyl (C=O) groups excluding carboxylic acids is 3. The number of pyridine rings is 1. The Hall–Kier alpha value is -3.40. The molecule has 2 N–H and O–H groups in total. The normalized spacial score (nSPS) is 16.1. The first-order chi connectivity index (χ1) is 12.8. The van der Waals surface area contributed by atoms with Gasteiger partial charge in [-0.3, -0.25) is 19.6 Å². The topological polar surface area (TPSA) is 109 Å². The van der Waals surface area contributed by atoms with Crippen LogP contribution in [0.5, 0.6) is 5.88 Å². The molecule has 2 heterocycles. The fourth-order valence-corrected chi connectivity index (χ4v) is 2.57. The molecule has 0 radical (unpaired) electrons. The van der Waals surface area contributed by atoms with Gasteiger partial charge in [-0.1, -0.05) is 6.07 Å². The number of rotatable bonds is 4. The highest BCUT2D eigenvalue weighted by Crippen LogP contribution is 2.30. The third-order valence-electron chi connectivity index (χ3n) is 3.97. The second-order valence-electron chi connectivity index (χ2n) is 5.63. The van der Waals surface area contributed by atoms with Gasteiger partial charge in [-0.15, -0.1) is 0 Å². The van der Waals surface area contributed by atoms with Gasteiger partial charge < -0.3 is 10.1 Å². The van der Waals surface area contributed by atoms with Crippen molar-refractivity contribution in [3.8, 4) is 5.88 Å². The zero-order valence-electron chi connectivity index (χ0n) is 13.9. The number of anilines is 1. The lowest BCUT2D eigenvalue weighted by Gasteiger charge is -2.27. The minimum Gasteiger partial charge on any atom is -0.481 e. The van der Waals surface area contributed by atoms with Crippen LogP contribution in [0, 0.1) is 17.6 Å². The number of hydrogen-bond donors (Lipinski definition) is 2. The van der Waals surface area contributed by atoms with Crippen LogP contribution in [0.4, 0.5) is 14.6 Å². The van der Waals surface area contributed by atoms with Gasteiger partial charge in [0.05, 0.1) is 12.7 Å². The molecule has 0 saturated carbocycles. The second kappa shape index (κ2) is 7.08. The van der Waals surface area contributed by atoms with E-state index in [2.05, 4.69) is 10.3 Å². The molecule has 0 saturated heterocycles. The number of hydrogen-bond acceptors (Lipinski definition) is 6. The molecule has 0 fully saturated rings. The summed E-state index contributed by atoms with van der Waals surface area (Å²) in [6.45, 7) is -0.374. The van der Waals surface area contributed by atoms with Crippen molar-refractivity contribution in [2.24, 2.45) is 5.92 Å². The highest BCUT2D eigenvalue weighted by molar-refractivity contribution is 6.30. The van der Waals surface area contributed by atoms with Crippen LogP contribution in [-0.2, 0) is 16.1 Å². The standard InChI is InChI=1S/C17H13F2N3O5/c1-27-12-5-4-10-14(23)13(17(25)22(26)15(10)21-12)16(24)20-7-8-2-3-9(18)6-11(8)19/h2-6,13,26H,7H2,1H3,(H,20,24). The summed E-state index contributed by atoms with van der Waals surface area (Å²) in [6, 6.07) is 5.37. The van der Waals surface area contributed by atoms with E-state index >= 15 is 0 Å². The van der Waals surface area contributed by atoms with Gasteiger partial charge in [0.15, 0.2) is 17.5 Å². The molecule has 1 aliphatic heterocycles. The summed E-state index contributed by atoms with van der Waals surface area (Å²) in [4.78, 5) is 40.9. The highest BCUT2D eigenvalue weighted by atomic mass is 19.1. The summed E-state index contributed by atoms with van der Waals surface area (Å²) in [5.74, 6) is -6.92. The van der Waals surface area contributed by atoms with Crippen LogP contribution in [0.2, 0.25) is 0 Å². The number of Topliss-reactive ketones (excluding diaryl/α,β-unsaturated/α-hetero) is 1. The molecule has 3 rings (SSSR count). The molecule has 0 bridgehead atoms. The van der Waals surface area contributed by atoms with Gasteiger partial charge in [0.2, 0.25) is 11.8 Å². The summed E-state index contributed by atoms with van der Waals surface area (Å²) >= 11 is 0. The summed E-state index contributed by atoms with van der Waals surface area (Å²) in [6.07, 6.45) is 0. The van der Waals surface area contributed by atoms with Gasteiger partial charge in [0, 0.05) is 24.2 Å². The van der Waals surface area contributed by atoms with Crippen LogP contribution < -0.4 is 15.1 Å². The maximum absolute atomic E-state index is 13.6. The van der Waals surface area contributed by atoms with Gasteiger partial charge in [-0.25, -0.2) is 8.78 Å². The fraction of sp³-hybridized carbons (Fsp3) is 0.176. The van der Waals surface area contributed by atoms with Crippen molar-refractivity contribution in [1.29, 1.82) is 0 Å². The zero-order valence-corrected chi connectivity index (χ0v) is 13.9. The summed E-state index contributed by atoms with van der Waals surface area (Å²) in [5.41, 5.74) is -0.181. The Kier molecular flexibility index (Phi) is 4.82. The lowest BCUT2D eigenvalue weighted by molar-refractivity contribution is -0.135. The van der Waals surface area contributed by atoms with E-state index < -0.39 is 35.1 Å². The first-order valence-electron chi connectivity index (χ1n) is 7.67. The Labute approximate surface area is 151 Å². The van der Waals surface area contributed by atoms with Crippen molar-refractivity contribution in [3.63, 3.8) is 0 Å². The molecule has 8 nitrogen and oxygen atoms in total. The first kappa shape index (κ1) is 18.4. The van der Waals surface area contributed by atoms with Crippen molar-refractivity contribution >= 4 is 23.4 Å². The zero-order chi connectivity index (χ0) is 19.7. The molecule has 10 heteroatoms. The molecule has 1 aromatic heterocycles. The van der Waals surface area contributed by atoms with Crippen LogP contribution in [0.3, 0.4) is 0 Å². The largest absolute Gasteiger partial charge is 0.481 e. The molecule has 2 aromatic rings. The van der Waals surface area contributed by atoms with Gasteiger partial charge in [0.1, 0.15) is 11.6 Å². The fourth-order valence-electron chi connectivity index (χ4n) is 2.57. The number of methoxy groups -OCH3 is 1. The van der Waals surface area contributed by atoms with Crippen LogP contribution in [0.1, 0.15) is 15.9 Å². The molecular formula is C17H13F2N3O5. The van der Waals surface area contributed by atoms with E-state index in [-0.39, 0.29) is 34.4 Å². The van der Waals surface area contributed by atoms with Crippen molar-refractivity contribution in [2.75, 3.05) is 12.2 Å². The average Bonchev–Trinajstić information content (AvgIpc) is 2.65. The summed E-state index contributed by atoms with van der Waals surface area (Å²) in [5, 5.41) is 12.3. The third-order valence-corrected chi connectivity index (χ3v) is 3.97. The summed E-state index contributed by atoms with van der Waals surface area (Å²) in [7, 11) is 1.31. The van der Waals surface area contributed by atoms with Crippen LogP contribution in [0.25, 0.3) is 0 Å². The third kappa shape index (κ3) is 3.34. The van der Waals surface area contributed by atoms with Gasteiger partial charge >= 0.3 is 0 Å². The molecule has 0 spiro atoms. The van der Waals surface area contributed by atoms with Gasteiger partial charge in [-0.05, 0) is 12.1 Å². The lowest BCUT2D eigenvalue weighted by Crippen LogP contribution is -2.50. The molecule has 2 amide bonds. The Morgan fingerprint density at radius 3 is 2.70 bits per heavy atom. The lowest BCUT2D eigenvalue weighted by atomic mass is 9.92. The molecule has 1 aliphatic rings. The molecule has 27 heavy (non-hydrogen) atoms. The second-order valence-corrected chi connectivity index (χ2v) is 5.63. The Morgan fingerprint density at radius 1 is 1.30 bits per heavy atom. The van der Waals surface area contributed by atoms with Crippen molar-refractivity contribution in [3.05, 3.63) is 53.1 Å². The maximum Gasteiger partial charge on any atom is 0.272 e. The monoisotopic (exact) mass is 377 g/mol. The van der Waals surface area contributed by atoms with Crippen LogP contribution in [0.15, 0.2) is 30.3 Å². The van der Waals surface area contributed by atoms with Gasteiger partial charge in [-0.2, -0.15) is 10.0 Å².